The average Bonchev–Trinajstić information content (AvgIpc) is 2.65. The van der Waals surface area contributed by atoms with E-state index in [1.54, 1.807) is 30.3 Å². The van der Waals surface area contributed by atoms with Gasteiger partial charge in [-0.15, -0.1) is 0 Å². The summed E-state index contributed by atoms with van der Waals surface area (Å²) in [6.45, 7) is 14.9. The highest BCUT2D eigenvalue weighted by molar-refractivity contribution is 7.52. The lowest BCUT2D eigenvalue weighted by Gasteiger charge is -2.36. The molecule has 0 fully saturated rings. The van der Waals surface area contributed by atoms with Crippen molar-refractivity contribution in [3.05, 3.63) is 42.0 Å². The third-order valence-electron chi connectivity index (χ3n) is 5.02. The van der Waals surface area contributed by atoms with E-state index < -0.39 is 28.1 Å². The molecule has 30 heavy (non-hydrogen) atoms. The summed E-state index contributed by atoms with van der Waals surface area (Å²) in [5.74, 6) is -0.197. The SMILES string of the molecule is COC(=O)[C@H](C)NP(=O)(OC/C=C(\C)CO[Si](C)(C)C(C)(C)C)Oc1ccccc1. The Morgan fingerprint density at radius 1 is 1.23 bits per heavy atom. The molecule has 1 rings (SSSR count). The average molecular weight is 458 g/mol. The molecule has 1 aromatic carbocycles. The molecule has 1 aromatic rings. The van der Waals surface area contributed by atoms with Crippen LogP contribution in [0.5, 0.6) is 5.75 Å². The zero-order valence-corrected chi connectivity index (χ0v) is 21.2. The summed E-state index contributed by atoms with van der Waals surface area (Å²) < 4.78 is 35.2. The van der Waals surface area contributed by atoms with Crippen molar-refractivity contribution in [1.29, 1.82) is 0 Å². The Hall–Kier alpha value is -1.44. The zero-order valence-electron chi connectivity index (χ0n) is 19.4. The van der Waals surface area contributed by atoms with Gasteiger partial charge < -0.3 is 13.7 Å². The quantitative estimate of drug-likeness (QED) is 0.209. The Morgan fingerprint density at radius 3 is 2.37 bits per heavy atom. The van der Waals surface area contributed by atoms with E-state index in [-0.39, 0.29) is 11.6 Å². The number of hydrogen-bond acceptors (Lipinski definition) is 6. The normalized spacial score (nSPS) is 15.9. The van der Waals surface area contributed by atoms with Crippen molar-refractivity contribution in [2.45, 2.75) is 58.8 Å². The molecule has 0 saturated carbocycles. The first-order valence-electron chi connectivity index (χ1n) is 9.94. The molecule has 170 valence electrons. The van der Waals surface area contributed by atoms with Crippen molar-refractivity contribution in [2.24, 2.45) is 0 Å². The van der Waals surface area contributed by atoms with Crippen LogP contribution in [0.2, 0.25) is 18.1 Å². The monoisotopic (exact) mass is 457 g/mol. The number of rotatable bonds is 11. The van der Waals surface area contributed by atoms with Crippen molar-refractivity contribution in [3.8, 4) is 5.75 Å². The molecule has 1 N–H and O–H groups in total. The van der Waals surface area contributed by atoms with Crippen molar-refractivity contribution < 1.29 is 27.6 Å². The van der Waals surface area contributed by atoms with Crippen molar-refractivity contribution >= 4 is 22.0 Å². The van der Waals surface area contributed by atoms with Gasteiger partial charge in [-0.25, -0.2) is 4.57 Å². The molecule has 0 aliphatic rings. The van der Waals surface area contributed by atoms with E-state index in [0.29, 0.717) is 12.4 Å². The zero-order chi connectivity index (χ0) is 23.0. The second-order valence-corrected chi connectivity index (χ2v) is 15.2. The minimum atomic E-state index is -3.83. The molecule has 0 spiro atoms. The number of carbonyl (C=O) groups excluding carboxylic acids is 1. The molecule has 0 heterocycles. The molecule has 0 saturated heterocycles. The van der Waals surface area contributed by atoms with Gasteiger partial charge in [-0.2, -0.15) is 5.09 Å². The van der Waals surface area contributed by atoms with Gasteiger partial charge in [0, 0.05) is 0 Å². The Bertz CT molecular complexity index is 761. The number of hydrogen-bond donors (Lipinski definition) is 1. The first-order chi connectivity index (χ1) is 13.8. The largest absolute Gasteiger partial charge is 0.468 e. The molecule has 2 atom stereocenters. The van der Waals surface area contributed by atoms with E-state index in [1.165, 1.54) is 14.0 Å². The van der Waals surface area contributed by atoms with Crippen LogP contribution in [0.3, 0.4) is 0 Å². The minimum Gasteiger partial charge on any atom is -0.468 e. The van der Waals surface area contributed by atoms with Gasteiger partial charge in [-0.05, 0) is 44.1 Å². The number of esters is 1. The van der Waals surface area contributed by atoms with Gasteiger partial charge in [0.15, 0.2) is 8.32 Å². The number of ether oxygens (including phenoxy) is 1. The molecule has 0 aliphatic carbocycles. The predicted octanol–water partition coefficient (Wildman–Crippen LogP) is 5.31. The first kappa shape index (κ1) is 26.6. The van der Waals surface area contributed by atoms with E-state index in [1.807, 2.05) is 13.0 Å². The lowest BCUT2D eigenvalue weighted by atomic mass is 10.2. The Balaban J connectivity index is 2.80. The summed E-state index contributed by atoms with van der Waals surface area (Å²) in [5, 5.41) is 2.75. The van der Waals surface area contributed by atoms with Crippen LogP contribution < -0.4 is 9.61 Å². The molecule has 7 nitrogen and oxygen atoms in total. The molecule has 9 heteroatoms. The fourth-order valence-electron chi connectivity index (χ4n) is 2.02. The summed E-state index contributed by atoms with van der Waals surface area (Å²) >= 11 is 0. The van der Waals surface area contributed by atoms with Crippen molar-refractivity contribution in [2.75, 3.05) is 20.3 Å². The van der Waals surface area contributed by atoms with Crippen LogP contribution in [0.4, 0.5) is 0 Å². The molecular formula is C21H36NO6PSi. The topological polar surface area (TPSA) is 83.1 Å². The van der Waals surface area contributed by atoms with Gasteiger partial charge in [0.05, 0.1) is 20.3 Å². The van der Waals surface area contributed by atoms with E-state index in [0.717, 1.165) is 5.57 Å². The maximum Gasteiger partial charge on any atom is 0.459 e. The smallest absolute Gasteiger partial charge is 0.459 e. The van der Waals surface area contributed by atoms with Crippen LogP contribution in [-0.2, 0) is 23.0 Å². The summed E-state index contributed by atoms with van der Waals surface area (Å²) in [6, 6.07) is 7.79. The number of methoxy groups -OCH3 is 1. The summed E-state index contributed by atoms with van der Waals surface area (Å²) in [5.41, 5.74) is 0.965. The second kappa shape index (κ2) is 11.3. The van der Waals surface area contributed by atoms with Crippen LogP contribution in [0.25, 0.3) is 0 Å². The van der Waals surface area contributed by atoms with Gasteiger partial charge in [0.2, 0.25) is 0 Å². The summed E-state index contributed by atoms with van der Waals surface area (Å²) in [6.07, 6.45) is 1.80. The highest BCUT2D eigenvalue weighted by atomic mass is 31.2. The minimum absolute atomic E-state index is 0.0394. The van der Waals surface area contributed by atoms with Crippen molar-refractivity contribution in [1.82, 2.24) is 5.09 Å². The predicted molar refractivity (Wildman–Crippen MR) is 122 cm³/mol. The Morgan fingerprint density at radius 2 is 1.83 bits per heavy atom. The second-order valence-electron chi connectivity index (χ2n) is 8.67. The number of benzene rings is 1. The number of nitrogens with one attached hydrogen (secondary N) is 1. The Labute approximate surface area is 181 Å². The molecule has 0 radical (unpaired) electrons. The highest BCUT2D eigenvalue weighted by Crippen LogP contribution is 2.45. The maximum absolute atomic E-state index is 13.2. The lowest BCUT2D eigenvalue weighted by molar-refractivity contribution is -0.142. The Kier molecular flexibility index (Phi) is 9.98. The van der Waals surface area contributed by atoms with Gasteiger partial charge in [-0.1, -0.05) is 50.6 Å². The van der Waals surface area contributed by atoms with E-state index in [9.17, 15) is 9.36 Å². The fraction of sp³-hybridized carbons (Fsp3) is 0.571. The molecule has 0 aromatic heterocycles. The van der Waals surface area contributed by atoms with Crippen LogP contribution in [0, 0.1) is 0 Å². The maximum atomic E-state index is 13.2. The van der Waals surface area contributed by atoms with Gasteiger partial charge in [0.1, 0.15) is 11.8 Å². The van der Waals surface area contributed by atoms with E-state index in [4.69, 9.17) is 13.5 Å². The van der Waals surface area contributed by atoms with Crippen LogP contribution in [0.1, 0.15) is 34.6 Å². The standard InChI is InChI=1S/C21H36NO6PSi/c1-17(16-27-30(7,8)21(3,4)5)14-15-26-29(24,22-18(2)20(23)25-6)28-19-12-10-9-11-13-19/h9-14,18H,15-16H2,1-8H3,(H,22,24)/b17-14+/t18-,29?/m0/s1. The third kappa shape index (κ3) is 8.74. The van der Waals surface area contributed by atoms with E-state index >= 15 is 0 Å². The first-order valence-corrected chi connectivity index (χ1v) is 14.4. The lowest BCUT2D eigenvalue weighted by Crippen LogP contribution is -2.41. The van der Waals surface area contributed by atoms with Gasteiger partial charge >= 0.3 is 13.7 Å². The number of carbonyl (C=O) groups is 1. The molecular weight excluding hydrogens is 421 g/mol. The highest BCUT2D eigenvalue weighted by Gasteiger charge is 2.37. The summed E-state index contributed by atoms with van der Waals surface area (Å²) in [7, 11) is -4.42. The summed E-state index contributed by atoms with van der Waals surface area (Å²) in [4.78, 5) is 11.7. The van der Waals surface area contributed by atoms with E-state index in [2.05, 4.69) is 43.7 Å². The van der Waals surface area contributed by atoms with Gasteiger partial charge in [0.25, 0.3) is 0 Å². The number of para-hydroxylation sites is 1. The third-order valence-corrected chi connectivity index (χ3v) is 11.1. The van der Waals surface area contributed by atoms with Crippen LogP contribution >= 0.6 is 7.75 Å². The van der Waals surface area contributed by atoms with Crippen LogP contribution in [0.15, 0.2) is 42.0 Å². The van der Waals surface area contributed by atoms with Gasteiger partial charge in [-0.3, -0.25) is 9.32 Å². The fourth-order valence-corrected chi connectivity index (χ4v) is 4.48. The van der Waals surface area contributed by atoms with Crippen LogP contribution in [-0.4, -0.2) is 40.7 Å². The molecule has 1 unspecified atom stereocenters. The molecule has 0 amide bonds. The molecule has 0 bridgehead atoms. The molecule has 0 aliphatic heterocycles. The van der Waals surface area contributed by atoms with Crippen molar-refractivity contribution in [3.63, 3.8) is 0 Å².